The summed E-state index contributed by atoms with van der Waals surface area (Å²) in [5.41, 5.74) is -2.66. The number of hydrogen-bond donors (Lipinski definition) is 0. The molecule has 0 radical (unpaired) electrons. The smallest absolute Gasteiger partial charge is 0.416 e. The average molecular weight is 331 g/mol. The van der Waals surface area contributed by atoms with E-state index in [4.69, 9.17) is 11.3 Å². The maximum absolute atomic E-state index is 12.7. The highest BCUT2D eigenvalue weighted by Crippen LogP contribution is 2.39. The minimum atomic E-state index is -4.94. The van der Waals surface area contributed by atoms with Crippen LogP contribution in [0.25, 0.3) is 4.85 Å². The van der Waals surface area contributed by atoms with E-state index in [1.807, 2.05) is 0 Å². The molecule has 0 amide bonds. The van der Waals surface area contributed by atoms with Crippen LogP contribution in [0.15, 0.2) is 42.5 Å². The van der Waals surface area contributed by atoms with Crippen LogP contribution in [0, 0.1) is 6.57 Å². The molecule has 0 spiro atoms. The Hall–Kier alpha value is -2.69. The van der Waals surface area contributed by atoms with Crippen molar-refractivity contribution in [3.63, 3.8) is 0 Å². The lowest BCUT2D eigenvalue weighted by molar-refractivity contribution is -0.143. The van der Waals surface area contributed by atoms with E-state index in [9.17, 15) is 26.3 Å². The Bertz CT molecular complexity index is 708. The van der Waals surface area contributed by atoms with Crippen molar-refractivity contribution < 1.29 is 31.1 Å². The summed E-state index contributed by atoms with van der Waals surface area (Å²) in [5, 5.41) is 0. The molecule has 0 saturated carbocycles. The molecule has 120 valence electrons. The molecular formula is C15H7F6NO. The Morgan fingerprint density at radius 3 is 1.61 bits per heavy atom. The van der Waals surface area contributed by atoms with E-state index >= 15 is 0 Å². The predicted octanol–water partition coefficient (Wildman–Crippen LogP) is 6.07. The van der Waals surface area contributed by atoms with Crippen molar-refractivity contribution in [3.8, 4) is 11.5 Å². The Balaban J connectivity index is 2.42. The molecule has 0 heterocycles. The Morgan fingerprint density at radius 2 is 1.22 bits per heavy atom. The first-order valence-electron chi connectivity index (χ1n) is 6.04. The highest BCUT2D eigenvalue weighted by atomic mass is 19.4. The summed E-state index contributed by atoms with van der Waals surface area (Å²) in [6, 6.07) is 6.22. The van der Waals surface area contributed by atoms with Crippen LogP contribution < -0.4 is 4.74 Å². The molecule has 0 aliphatic carbocycles. The van der Waals surface area contributed by atoms with Gasteiger partial charge in [0.05, 0.1) is 17.7 Å². The monoisotopic (exact) mass is 331 g/mol. The molecule has 2 rings (SSSR count). The van der Waals surface area contributed by atoms with Gasteiger partial charge in [-0.15, -0.1) is 0 Å². The van der Waals surface area contributed by atoms with E-state index in [0.717, 1.165) is 0 Å². The van der Waals surface area contributed by atoms with Gasteiger partial charge in [-0.2, -0.15) is 26.3 Å². The van der Waals surface area contributed by atoms with Crippen molar-refractivity contribution in [3.05, 3.63) is 65.0 Å². The van der Waals surface area contributed by atoms with E-state index in [0.29, 0.717) is 12.1 Å². The van der Waals surface area contributed by atoms with Gasteiger partial charge in [0.1, 0.15) is 11.5 Å². The average Bonchev–Trinajstić information content (AvgIpc) is 2.46. The van der Waals surface area contributed by atoms with Crippen LogP contribution in [0.3, 0.4) is 0 Å². The number of halogens is 6. The van der Waals surface area contributed by atoms with Crippen LogP contribution in [0.1, 0.15) is 11.1 Å². The van der Waals surface area contributed by atoms with Crippen LogP contribution in [0.2, 0.25) is 0 Å². The lowest BCUT2D eigenvalue weighted by Gasteiger charge is -2.14. The molecule has 0 aromatic heterocycles. The Morgan fingerprint density at radius 1 is 0.739 bits per heavy atom. The van der Waals surface area contributed by atoms with Gasteiger partial charge in [-0.25, -0.2) is 4.85 Å². The van der Waals surface area contributed by atoms with Gasteiger partial charge < -0.3 is 4.74 Å². The lowest BCUT2D eigenvalue weighted by Crippen LogP contribution is -2.11. The van der Waals surface area contributed by atoms with Crippen molar-refractivity contribution in [1.82, 2.24) is 0 Å². The molecule has 2 nitrogen and oxygen atoms in total. The fourth-order valence-corrected chi connectivity index (χ4v) is 1.71. The summed E-state index contributed by atoms with van der Waals surface area (Å²) in [7, 11) is 0. The topological polar surface area (TPSA) is 13.6 Å². The molecule has 0 aliphatic heterocycles. The van der Waals surface area contributed by atoms with Gasteiger partial charge in [0.15, 0.2) is 5.69 Å². The van der Waals surface area contributed by atoms with Crippen molar-refractivity contribution >= 4 is 5.69 Å². The first-order chi connectivity index (χ1) is 10.6. The van der Waals surface area contributed by atoms with Gasteiger partial charge in [0.25, 0.3) is 0 Å². The van der Waals surface area contributed by atoms with Crippen LogP contribution in [0.4, 0.5) is 32.0 Å². The Kier molecular flexibility index (Phi) is 4.23. The highest BCUT2D eigenvalue weighted by Gasteiger charge is 2.37. The fourth-order valence-electron chi connectivity index (χ4n) is 1.71. The van der Waals surface area contributed by atoms with Crippen molar-refractivity contribution in [2.24, 2.45) is 0 Å². The summed E-state index contributed by atoms with van der Waals surface area (Å²) in [6.45, 7) is 6.76. The largest absolute Gasteiger partial charge is 0.457 e. The van der Waals surface area contributed by atoms with Gasteiger partial charge >= 0.3 is 12.4 Å². The molecule has 2 aromatic carbocycles. The van der Waals surface area contributed by atoms with Crippen molar-refractivity contribution in [2.75, 3.05) is 0 Å². The van der Waals surface area contributed by atoms with Crippen LogP contribution >= 0.6 is 0 Å². The molecule has 2 aromatic rings. The molecule has 0 aliphatic rings. The number of alkyl halides is 6. The molecular weight excluding hydrogens is 324 g/mol. The van der Waals surface area contributed by atoms with Gasteiger partial charge in [-0.05, 0) is 30.3 Å². The molecule has 0 bridgehead atoms. The van der Waals surface area contributed by atoms with E-state index in [-0.39, 0.29) is 17.5 Å². The van der Waals surface area contributed by atoms with Gasteiger partial charge in [-0.3, -0.25) is 0 Å². The standard InChI is InChI=1S/C15H7F6NO/c1-22-11-2-4-12(5-3-11)23-13-7-9(14(16,17)18)6-10(8-13)15(19,20)21/h2-8H. The zero-order valence-electron chi connectivity index (χ0n) is 11.2. The van der Waals surface area contributed by atoms with E-state index in [1.54, 1.807) is 0 Å². The second-order valence-electron chi connectivity index (χ2n) is 4.45. The summed E-state index contributed by atoms with van der Waals surface area (Å²) < 4.78 is 81.4. The van der Waals surface area contributed by atoms with E-state index in [1.165, 1.54) is 24.3 Å². The predicted molar refractivity (Wildman–Crippen MR) is 69.2 cm³/mol. The van der Waals surface area contributed by atoms with Crippen LogP contribution in [-0.4, -0.2) is 0 Å². The van der Waals surface area contributed by atoms with Crippen molar-refractivity contribution in [2.45, 2.75) is 12.4 Å². The summed E-state index contributed by atoms with van der Waals surface area (Å²) in [6.07, 6.45) is -9.87. The molecule has 0 unspecified atom stereocenters. The SMILES string of the molecule is [C-]#[N+]c1ccc(Oc2cc(C(F)(F)F)cc(C(F)(F)F)c2)cc1. The van der Waals surface area contributed by atoms with Gasteiger partial charge in [0.2, 0.25) is 0 Å². The second kappa shape index (κ2) is 5.83. The summed E-state index contributed by atoms with van der Waals surface area (Å²) in [4.78, 5) is 3.11. The molecule has 0 atom stereocenters. The number of hydrogen-bond acceptors (Lipinski definition) is 1. The minimum Gasteiger partial charge on any atom is -0.457 e. The maximum atomic E-state index is 12.7. The van der Waals surface area contributed by atoms with Crippen LogP contribution in [-0.2, 0) is 12.4 Å². The summed E-state index contributed by atoms with van der Waals surface area (Å²) in [5.74, 6) is -0.576. The molecule has 23 heavy (non-hydrogen) atoms. The van der Waals surface area contributed by atoms with Crippen LogP contribution in [0.5, 0.6) is 11.5 Å². The molecule has 8 heteroatoms. The third-order valence-corrected chi connectivity index (χ3v) is 2.76. The maximum Gasteiger partial charge on any atom is 0.416 e. The molecule has 0 N–H and O–H groups in total. The lowest BCUT2D eigenvalue weighted by atomic mass is 10.1. The number of nitrogens with zero attached hydrogens (tertiary/aromatic N) is 1. The van der Waals surface area contributed by atoms with Gasteiger partial charge in [0, 0.05) is 0 Å². The minimum absolute atomic E-state index is 0.0184. The third kappa shape index (κ3) is 4.16. The second-order valence-corrected chi connectivity index (χ2v) is 4.45. The molecule has 0 fully saturated rings. The highest BCUT2D eigenvalue weighted by molar-refractivity contribution is 5.48. The molecule has 0 saturated heterocycles. The number of benzene rings is 2. The van der Waals surface area contributed by atoms with Crippen molar-refractivity contribution in [1.29, 1.82) is 0 Å². The normalized spacial score (nSPS) is 11.9. The summed E-state index contributed by atoms with van der Waals surface area (Å²) >= 11 is 0. The quantitative estimate of drug-likeness (QED) is 0.481. The van der Waals surface area contributed by atoms with E-state index < -0.39 is 29.2 Å². The fraction of sp³-hybridized carbons (Fsp3) is 0.133. The zero-order chi connectivity index (χ0) is 17.3. The third-order valence-electron chi connectivity index (χ3n) is 2.76. The zero-order valence-corrected chi connectivity index (χ0v) is 11.2. The first kappa shape index (κ1) is 16.7. The van der Waals surface area contributed by atoms with Gasteiger partial charge in [-0.1, -0.05) is 12.1 Å². The first-order valence-corrected chi connectivity index (χ1v) is 6.04. The number of rotatable bonds is 2. The van der Waals surface area contributed by atoms with E-state index in [2.05, 4.69) is 4.85 Å². The number of ether oxygens (including phenoxy) is 1. The Labute approximate surface area is 126 Å².